The number of hydrogen-bond acceptors (Lipinski definition) is 9. The number of unbranched alkanes of at least 4 members (excludes halogenated alkanes) is 23. The number of hydrogen-bond donors (Lipinski definition) is 3. The van der Waals surface area contributed by atoms with E-state index in [1.165, 1.54) is 122 Å². The summed E-state index contributed by atoms with van der Waals surface area (Å²) in [5, 5.41) is 18.3. The van der Waals surface area contributed by atoms with Crippen LogP contribution >= 0.6 is 7.82 Å². The first-order valence-electron chi connectivity index (χ1n) is 22.9. The Morgan fingerprint density at radius 2 is 0.912 bits per heavy atom. The topological polar surface area (TPSA) is 149 Å². The summed E-state index contributed by atoms with van der Waals surface area (Å²) < 4.78 is 32.7. The largest absolute Gasteiger partial charge is 0.472 e. The third kappa shape index (κ3) is 42.1. The van der Waals surface area contributed by atoms with Crippen LogP contribution in [0.25, 0.3) is 0 Å². The molecule has 0 heterocycles. The first-order chi connectivity index (χ1) is 27.7. The second-order valence-corrected chi connectivity index (χ2v) is 16.9. The van der Waals surface area contributed by atoms with Gasteiger partial charge in [-0.05, 0) is 70.6 Å². The van der Waals surface area contributed by atoms with Crippen molar-refractivity contribution < 1.29 is 47.8 Å². The van der Waals surface area contributed by atoms with Crippen LogP contribution in [0.4, 0.5) is 0 Å². The van der Waals surface area contributed by atoms with Crippen molar-refractivity contribution in [1.82, 2.24) is 0 Å². The normalized spacial score (nSPS) is 14.1. The molecular formula is C46H85O10P. The lowest BCUT2D eigenvalue weighted by atomic mass is 10.1. The molecule has 0 radical (unpaired) electrons. The van der Waals surface area contributed by atoms with Crippen LogP contribution in [0.2, 0.25) is 0 Å². The molecule has 0 saturated carbocycles. The molecule has 57 heavy (non-hydrogen) atoms. The molecule has 11 heteroatoms. The van der Waals surface area contributed by atoms with E-state index in [1.807, 2.05) is 0 Å². The fraction of sp³-hybridized carbons (Fsp3) is 0.826. The summed E-state index contributed by atoms with van der Waals surface area (Å²) in [6, 6.07) is 0. The van der Waals surface area contributed by atoms with Crippen molar-refractivity contribution in [2.24, 2.45) is 0 Å². The van der Waals surface area contributed by atoms with Gasteiger partial charge in [0.25, 0.3) is 0 Å². The summed E-state index contributed by atoms with van der Waals surface area (Å²) in [5.41, 5.74) is 0. The van der Waals surface area contributed by atoms with Crippen molar-refractivity contribution >= 4 is 19.8 Å². The van der Waals surface area contributed by atoms with Crippen molar-refractivity contribution in [3.63, 3.8) is 0 Å². The molecule has 0 aliphatic heterocycles. The third-order valence-electron chi connectivity index (χ3n) is 9.77. The number of aliphatic hydroxyl groups excluding tert-OH is 2. The molecule has 3 atom stereocenters. The van der Waals surface area contributed by atoms with Crippen LogP contribution in [-0.4, -0.2) is 65.7 Å². The van der Waals surface area contributed by atoms with Crippen molar-refractivity contribution in [2.75, 3.05) is 26.4 Å². The highest BCUT2D eigenvalue weighted by atomic mass is 31.2. The maximum atomic E-state index is 12.6. The molecule has 1 unspecified atom stereocenters. The van der Waals surface area contributed by atoms with Crippen LogP contribution in [-0.2, 0) is 32.7 Å². The van der Waals surface area contributed by atoms with Crippen LogP contribution in [0, 0.1) is 0 Å². The summed E-state index contributed by atoms with van der Waals surface area (Å²) in [7, 11) is -4.63. The Balaban J connectivity index is 4.28. The average molecular weight is 829 g/mol. The summed E-state index contributed by atoms with van der Waals surface area (Å²) in [6.45, 7) is 2.34. The first kappa shape index (κ1) is 55.2. The fourth-order valence-corrected chi connectivity index (χ4v) is 6.98. The molecular weight excluding hydrogens is 743 g/mol. The Labute approximate surface area is 348 Å². The highest BCUT2D eigenvalue weighted by Gasteiger charge is 2.27. The summed E-state index contributed by atoms with van der Waals surface area (Å²) in [4.78, 5) is 35.0. The maximum Gasteiger partial charge on any atom is 0.472 e. The summed E-state index contributed by atoms with van der Waals surface area (Å²) >= 11 is 0. The van der Waals surface area contributed by atoms with E-state index in [9.17, 15) is 24.2 Å². The molecule has 3 N–H and O–H groups in total. The van der Waals surface area contributed by atoms with Gasteiger partial charge in [0.05, 0.1) is 19.8 Å². The predicted octanol–water partition coefficient (Wildman–Crippen LogP) is 12.3. The average Bonchev–Trinajstić information content (AvgIpc) is 3.20. The number of aliphatic hydroxyl groups is 2. The molecule has 10 nitrogen and oxygen atoms in total. The van der Waals surface area contributed by atoms with E-state index in [4.69, 9.17) is 19.1 Å². The maximum absolute atomic E-state index is 12.6. The highest BCUT2D eigenvalue weighted by Crippen LogP contribution is 2.43. The smallest absolute Gasteiger partial charge is 0.462 e. The van der Waals surface area contributed by atoms with Crippen LogP contribution < -0.4 is 0 Å². The Morgan fingerprint density at radius 1 is 0.526 bits per heavy atom. The molecule has 0 aliphatic rings. The van der Waals surface area contributed by atoms with Gasteiger partial charge in [-0.25, -0.2) is 4.57 Å². The minimum atomic E-state index is -4.63. The van der Waals surface area contributed by atoms with Gasteiger partial charge < -0.3 is 24.6 Å². The van der Waals surface area contributed by atoms with E-state index >= 15 is 0 Å². The standard InChI is InChI=1S/C46H85O10P/c1-3-5-7-9-11-13-15-17-19-20-21-22-24-25-27-29-31-33-35-37-45(49)53-41-44(42-55-57(51,52)54-40-43(48)39-47)56-46(50)38-36-34-32-30-28-26-23-18-16-14-12-10-8-6-4-2/h17-19,23,28,30,43-44,47-48H,3-16,20-22,24-27,29,31-42H2,1-2H3,(H,51,52)/b19-17+,23-18+,30-28+/t43-,44+/m0/s1. The van der Waals surface area contributed by atoms with Crippen molar-refractivity contribution in [3.8, 4) is 0 Å². The lowest BCUT2D eigenvalue weighted by Gasteiger charge is -2.20. The number of carbonyl (C=O) groups excluding carboxylic acids is 2. The molecule has 0 aromatic carbocycles. The SMILES string of the molecule is CCCCCCCC/C=C/C/C=C/CCCCC(=O)O[C@H](COC(=O)CCCCCCCCCCC/C=C/CCCCCCCC)COP(=O)(O)OC[C@@H](O)CO. The summed E-state index contributed by atoms with van der Waals surface area (Å²) in [6.07, 6.45) is 44.0. The van der Waals surface area contributed by atoms with E-state index in [0.717, 1.165) is 44.9 Å². The number of phosphoric ester groups is 1. The van der Waals surface area contributed by atoms with Gasteiger partial charge in [0.2, 0.25) is 0 Å². The summed E-state index contributed by atoms with van der Waals surface area (Å²) in [5.74, 6) is -0.961. The van der Waals surface area contributed by atoms with Gasteiger partial charge in [-0.3, -0.25) is 18.6 Å². The number of allylic oxidation sites excluding steroid dienone is 6. The van der Waals surface area contributed by atoms with Gasteiger partial charge in [-0.1, -0.05) is 159 Å². The molecule has 334 valence electrons. The number of phosphoric acid groups is 1. The van der Waals surface area contributed by atoms with E-state index in [0.29, 0.717) is 12.8 Å². The molecule has 0 bridgehead atoms. The molecule has 0 aliphatic carbocycles. The fourth-order valence-electron chi connectivity index (χ4n) is 6.19. The lowest BCUT2D eigenvalue weighted by Crippen LogP contribution is -2.29. The first-order valence-corrected chi connectivity index (χ1v) is 24.4. The van der Waals surface area contributed by atoms with Gasteiger partial charge in [-0.15, -0.1) is 0 Å². The number of ether oxygens (including phenoxy) is 2. The zero-order valence-electron chi connectivity index (χ0n) is 36.3. The molecule has 0 fully saturated rings. The van der Waals surface area contributed by atoms with E-state index in [1.54, 1.807) is 0 Å². The monoisotopic (exact) mass is 829 g/mol. The van der Waals surface area contributed by atoms with Crippen LogP contribution in [0.15, 0.2) is 36.5 Å². The quantitative estimate of drug-likeness (QED) is 0.0235. The van der Waals surface area contributed by atoms with Gasteiger partial charge >= 0.3 is 19.8 Å². The van der Waals surface area contributed by atoms with Gasteiger partial charge in [-0.2, -0.15) is 0 Å². The van der Waals surface area contributed by atoms with Crippen molar-refractivity contribution in [3.05, 3.63) is 36.5 Å². The van der Waals surface area contributed by atoms with E-state index in [-0.39, 0.29) is 19.4 Å². The molecule has 0 aromatic rings. The molecule has 0 spiro atoms. The Bertz CT molecular complexity index is 1050. The Kier molecular flexibility index (Phi) is 41.0. The number of esters is 2. The second kappa shape index (κ2) is 42.3. The molecule has 0 aromatic heterocycles. The van der Waals surface area contributed by atoms with Crippen LogP contribution in [0.5, 0.6) is 0 Å². The van der Waals surface area contributed by atoms with Crippen LogP contribution in [0.3, 0.4) is 0 Å². The van der Waals surface area contributed by atoms with E-state index < -0.39 is 51.8 Å². The van der Waals surface area contributed by atoms with Gasteiger partial charge in [0.1, 0.15) is 12.7 Å². The Hall–Kier alpha value is -1.81. The molecule has 0 rings (SSSR count). The number of rotatable bonds is 43. The number of carbonyl (C=O) groups is 2. The highest BCUT2D eigenvalue weighted by molar-refractivity contribution is 7.47. The van der Waals surface area contributed by atoms with E-state index in [2.05, 4.69) is 54.8 Å². The van der Waals surface area contributed by atoms with Gasteiger partial charge in [0.15, 0.2) is 6.10 Å². The minimum Gasteiger partial charge on any atom is -0.462 e. The van der Waals surface area contributed by atoms with Crippen molar-refractivity contribution in [1.29, 1.82) is 0 Å². The Morgan fingerprint density at radius 3 is 1.40 bits per heavy atom. The second-order valence-electron chi connectivity index (χ2n) is 15.4. The molecule has 0 amide bonds. The zero-order chi connectivity index (χ0) is 41.9. The molecule has 0 saturated heterocycles. The predicted molar refractivity (Wildman–Crippen MR) is 233 cm³/mol. The lowest BCUT2D eigenvalue weighted by molar-refractivity contribution is -0.161. The van der Waals surface area contributed by atoms with Crippen molar-refractivity contribution in [2.45, 2.75) is 219 Å². The van der Waals surface area contributed by atoms with Crippen LogP contribution in [0.1, 0.15) is 206 Å². The minimum absolute atomic E-state index is 0.142. The third-order valence-corrected chi connectivity index (χ3v) is 10.7. The van der Waals surface area contributed by atoms with Gasteiger partial charge in [0, 0.05) is 12.8 Å². The zero-order valence-corrected chi connectivity index (χ0v) is 37.2.